The van der Waals surface area contributed by atoms with Crippen LogP contribution in [0, 0.1) is 5.82 Å². The fourth-order valence-electron chi connectivity index (χ4n) is 2.86. The number of pyridine rings is 1. The number of methoxy groups -OCH3 is 1. The number of hydrogen-bond donors (Lipinski definition) is 0. The summed E-state index contributed by atoms with van der Waals surface area (Å²) in [6.07, 6.45) is 2.88. The summed E-state index contributed by atoms with van der Waals surface area (Å²) in [7, 11) is 1.46. The summed E-state index contributed by atoms with van der Waals surface area (Å²) in [4.78, 5) is 27.7. The van der Waals surface area contributed by atoms with E-state index in [2.05, 4.69) is 4.98 Å². The molecule has 2 aromatic carbocycles. The minimum atomic E-state index is -0.287. The van der Waals surface area contributed by atoms with E-state index in [-0.39, 0.29) is 11.6 Å². The second-order valence-electron chi connectivity index (χ2n) is 5.76. The Morgan fingerprint density at radius 1 is 1.20 bits per heavy atom. The van der Waals surface area contributed by atoms with E-state index in [4.69, 9.17) is 4.74 Å². The number of aromatic nitrogens is 1. The first-order valence-electron chi connectivity index (χ1n) is 7.73. The first-order chi connectivity index (χ1) is 12.0. The van der Waals surface area contributed by atoms with Crippen LogP contribution in [0.15, 0.2) is 42.6 Å². The molecule has 0 aliphatic carbocycles. The molecule has 1 heterocycles. The third-order valence-corrected chi connectivity index (χ3v) is 4.04. The van der Waals surface area contributed by atoms with Gasteiger partial charge in [-0.2, -0.15) is 0 Å². The Bertz CT molecular complexity index is 965. The minimum Gasteiger partial charge on any atom is -0.494 e. The SMILES string of the molecule is COc1c(C=O)cc(C(C)=O)c2cc(Cc3ccc(F)cc3)cnc12. The highest BCUT2D eigenvalue weighted by atomic mass is 19.1. The van der Waals surface area contributed by atoms with Gasteiger partial charge in [-0.3, -0.25) is 14.6 Å². The second kappa shape index (κ2) is 6.81. The number of fused-ring (bicyclic) bond motifs is 1. The quantitative estimate of drug-likeness (QED) is 0.522. The Balaban J connectivity index is 2.15. The maximum Gasteiger partial charge on any atom is 0.160 e. The molecule has 3 rings (SSSR count). The first-order valence-corrected chi connectivity index (χ1v) is 7.73. The number of ketones is 1. The molecule has 0 spiro atoms. The van der Waals surface area contributed by atoms with E-state index in [0.717, 1.165) is 11.1 Å². The van der Waals surface area contributed by atoms with Gasteiger partial charge in [0.1, 0.15) is 11.3 Å². The summed E-state index contributed by atoms with van der Waals surface area (Å²) in [5, 5.41) is 0.634. The van der Waals surface area contributed by atoms with Crippen LogP contribution in [0.5, 0.6) is 5.75 Å². The molecule has 0 fully saturated rings. The molecule has 1 aromatic heterocycles. The molecule has 0 atom stereocenters. The molecule has 0 aliphatic rings. The predicted octanol–water partition coefficient (Wildman–Crippen LogP) is 3.99. The van der Waals surface area contributed by atoms with Gasteiger partial charge in [0.25, 0.3) is 0 Å². The normalized spacial score (nSPS) is 10.7. The topological polar surface area (TPSA) is 56.3 Å². The van der Waals surface area contributed by atoms with Crippen LogP contribution in [0.2, 0.25) is 0 Å². The van der Waals surface area contributed by atoms with E-state index in [1.165, 1.54) is 32.2 Å². The van der Waals surface area contributed by atoms with Crippen LogP contribution in [-0.2, 0) is 6.42 Å². The van der Waals surface area contributed by atoms with Gasteiger partial charge in [-0.25, -0.2) is 4.39 Å². The Morgan fingerprint density at radius 3 is 2.52 bits per heavy atom. The monoisotopic (exact) mass is 337 g/mol. The lowest BCUT2D eigenvalue weighted by atomic mass is 9.98. The minimum absolute atomic E-state index is 0.156. The predicted molar refractivity (Wildman–Crippen MR) is 92.9 cm³/mol. The number of hydrogen-bond acceptors (Lipinski definition) is 4. The van der Waals surface area contributed by atoms with Gasteiger partial charge >= 0.3 is 0 Å². The van der Waals surface area contributed by atoms with Gasteiger partial charge in [0, 0.05) is 17.1 Å². The Morgan fingerprint density at radius 2 is 1.92 bits per heavy atom. The summed E-state index contributed by atoms with van der Waals surface area (Å²) in [5.74, 6) is -0.0924. The third kappa shape index (κ3) is 3.26. The molecule has 5 heteroatoms. The molecule has 0 amide bonds. The summed E-state index contributed by atoms with van der Waals surface area (Å²) < 4.78 is 18.3. The van der Waals surface area contributed by atoms with Gasteiger partial charge in [-0.15, -0.1) is 0 Å². The largest absolute Gasteiger partial charge is 0.494 e. The summed E-state index contributed by atoms with van der Waals surface area (Å²) >= 11 is 0. The summed E-state index contributed by atoms with van der Waals surface area (Å²) in [6.45, 7) is 1.45. The Labute approximate surface area is 144 Å². The van der Waals surface area contributed by atoms with Gasteiger partial charge in [0.05, 0.1) is 12.7 Å². The molecule has 0 saturated heterocycles. The van der Waals surface area contributed by atoms with Crippen LogP contribution in [-0.4, -0.2) is 24.2 Å². The third-order valence-electron chi connectivity index (χ3n) is 4.04. The lowest BCUT2D eigenvalue weighted by Gasteiger charge is -2.12. The van der Waals surface area contributed by atoms with Crippen molar-refractivity contribution in [1.82, 2.24) is 4.98 Å². The molecule has 0 bridgehead atoms. The zero-order valence-corrected chi connectivity index (χ0v) is 13.9. The standard InChI is InChI=1S/C20H16FNO3/c1-12(24)17-9-15(11-23)20(25-2)19-18(17)8-14(10-22-19)7-13-3-5-16(21)6-4-13/h3-6,8-11H,7H2,1-2H3. The molecule has 0 saturated carbocycles. The van der Waals surface area contributed by atoms with Crippen molar-refractivity contribution in [3.8, 4) is 5.75 Å². The molecular weight excluding hydrogens is 321 g/mol. The zero-order chi connectivity index (χ0) is 18.0. The average Bonchev–Trinajstić information content (AvgIpc) is 2.61. The summed E-state index contributed by atoms with van der Waals surface area (Å²) in [6, 6.07) is 9.62. The van der Waals surface area contributed by atoms with Crippen LogP contribution < -0.4 is 4.74 Å². The van der Waals surface area contributed by atoms with Crippen LogP contribution in [0.4, 0.5) is 4.39 Å². The molecule has 4 nitrogen and oxygen atoms in total. The molecule has 0 unspecified atom stereocenters. The molecule has 0 radical (unpaired) electrons. The number of halogens is 1. The number of rotatable bonds is 5. The number of carbonyl (C=O) groups is 2. The highest BCUT2D eigenvalue weighted by Crippen LogP contribution is 2.31. The van der Waals surface area contributed by atoms with E-state index in [9.17, 15) is 14.0 Å². The van der Waals surface area contributed by atoms with Gasteiger partial charge in [-0.1, -0.05) is 12.1 Å². The molecular formula is C20H16FNO3. The molecule has 0 N–H and O–H groups in total. The number of Topliss-reactive ketones (excluding diaryl/α,β-unsaturated/α-hetero) is 1. The van der Waals surface area contributed by atoms with Crippen molar-refractivity contribution >= 4 is 23.0 Å². The number of aldehydes is 1. The number of benzene rings is 2. The number of carbonyl (C=O) groups excluding carboxylic acids is 2. The maximum absolute atomic E-state index is 13.0. The van der Waals surface area contributed by atoms with Crippen LogP contribution in [0.1, 0.15) is 38.8 Å². The van der Waals surface area contributed by atoms with Crippen molar-refractivity contribution in [2.45, 2.75) is 13.3 Å². The van der Waals surface area contributed by atoms with Crippen LogP contribution in [0.25, 0.3) is 10.9 Å². The van der Waals surface area contributed by atoms with Crippen molar-refractivity contribution < 1.29 is 18.7 Å². The maximum atomic E-state index is 13.0. The smallest absolute Gasteiger partial charge is 0.160 e. The zero-order valence-electron chi connectivity index (χ0n) is 13.9. The molecule has 25 heavy (non-hydrogen) atoms. The van der Waals surface area contributed by atoms with Gasteiger partial charge in [0.2, 0.25) is 0 Å². The van der Waals surface area contributed by atoms with Crippen LogP contribution in [0.3, 0.4) is 0 Å². The van der Waals surface area contributed by atoms with Crippen molar-refractivity contribution in [1.29, 1.82) is 0 Å². The fraction of sp³-hybridized carbons (Fsp3) is 0.150. The van der Waals surface area contributed by atoms with E-state index >= 15 is 0 Å². The van der Waals surface area contributed by atoms with Crippen molar-refractivity contribution in [3.63, 3.8) is 0 Å². The van der Waals surface area contributed by atoms with Crippen molar-refractivity contribution in [2.24, 2.45) is 0 Å². The highest BCUT2D eigenvalue weighted by molar-refractivity contribution is 6.10. The Kier molecular flexibility index (Phi) is 4.57. The number of nitrogens with zero attached hydrogens (tertiary/aromatic N) is 1. The van der Waals surface area contributed by atoms with Gasteiger partial charge in [-0.05, 0) is 48.7 Å². The van der Waals surface area contributed by atoms with E-state index in [1.807, 2.05) is 6.07 Å². The first kappa shape index (κ1) is 16.8. The summed E-state index contributed by atoms with van der Waals surface area (Å²) in [5.41, 5.74) is 3.00. The Hall–Kier alpha value is -3.08. The van der Waals surface area contributed by atoms with Gasteiger partial charge in [0.15, 0.2) is 17.8 Å². The molecule has 3 aromatic rings. The second-order valence-corrected chi connectivity index (χ2v) is 5.76. The average molecular weight is 337 g/mol. The van der Waals surface area contributed by atoms with E-state index < -0.39 is 0 Å². The molecule has 0 aliphatic heterocycles. The van der Waals surface area contributed by atoms with Crippen molar-refractivity contribution in [2.75, 3.05) is 7.11 Å². The number of ether oxygens (including phenoxy) is 1. The van der Waals surface area contributed by atoms with E-state index in [0.29, 0.717) is 40.5 Å². The van der Waals surface area contributed by atoms with Crippen LogP contribution >= 0.6 is 0 Å². The lowest BCUT2D eigenvalue weighted by Crippen LogP contribution is -2.02. The van der Waals surface area contributed by atoms with E-state index in [1.54, 1.807) is 18.3 Å². The molecule has 126 valence electrons. The van der Waals surface area contributed by atoms with Crippen molar-refractivity contribution in [3.05, 3.63) is 70.7 Å². The van der Waals surface area contributed by atoms with Gasteiger partial charge < -0.3 is 4.74 Å². The lowest BCUT2D eigenvalue weighted by molar-refractivity contribution is 0.101. The highest BCUT2D eigenvalue weighted by Gasteiger charge is 2.16. The fourth-order valence-corrected chi connectivity index (χ4v) is 2.86.